The molecule has 1 amide bonds. The number of aryl methyl sites for hydroxylation is 1. The molecule has 0 bridgehead atoms. The van der Waals surface area contributed by atoms with Gasteiger partial charge in [0.05, 0.1) is 19.7 Å². The molecule has 3 rings (SSSR count). The third kappa shape index (κ3) is 6.72. The van der Waals surface area contributed by atoms with Gasteiger partial charge in [0.2, 0.25) is 0 Å². The van der Waals surface area contributed by atoms with Gasteiger partial charge < -0.3 is 25.0 Å². The van der Waals surface area contributed by atoms with Crippen molar-refractivity contribution in [2.45, 2.75) is 33.4 Å². The summed E-state index contributed by atoms with van der Waals surface area (Å²) in [5, 5.41) is 6.14. The van der Waals surface area contributed by atoms with Gasteiger partial charge >= 0.3 is 0 Å². The minimum Gasteiger partial charge on any atom is -0.484 e. The van der Waals surface area contributed by atoms with E-state index in [1.54, 1.807) is 0 Å². The van der Waals surface area contributed by atoms with Crippen LogP contribution >= 0.6 is 0 Å². The maximum Gasteiger partial charge on any atom is 0.257 e. The molecular formula is C25H34N4O3. The summed E-state index contributed by atoms with van der Waals surface area (Å²) in [7, 11) is 0. The fourth-order valence-electron chi connectivity index (χ4n) is 3.70. The van der Waals surface area contributed by atoms with E-state index in [2.05, 4.69) is 53.6 Å². The number of hydrogen-bond acceptors (Lipinski definition) is 4. The number of likely N-dealkylation sites (N-methyl/N-ethyl adjacent to an activating group) is 1. The monoisotopic (exact) mass is 438 g/mol. The number of hydrogen-bond donors (Lipinski definition) is 2. The van der Waals surface area contributed by atoms with Gasteiger partial charge in [-0.25, -0.2) is 4.99 Å². The van der Waals surface area contributed by atoms with Crippen molar-refractivity contribution in [3.8, 4) is 5.75 Å². The van der Waals surface area contributed by atoms with Crippen LogP contribution in [0.4, 0.5) is 0 Å². The van der Waals surface area contributed by atoms with Crippen molar-refractivity contribution in [2.75, 3.05) is 39.4 Å². The fraction of sp³-hybridized carbons (Fsp3) is 0.440. The van der Waals surface area contributed by atoms with Gasteiger partial charge in [0.15, 0.2) is 12.6 Å². The van der Waals surface area contributed by atoms with Gasteiger partial charge in [0.25, 0.3) is 5.91 Å². The molecule has 2 aromatic carbocycles. The van der Waals surface area contributed by atoms with Crippen LogP contribution in [-0.2, 0) is 16.1 Å². The smallest absolute Gasteiger partial charge is 0.257 e. The van der Waals surface area contributed by atoms with E-state index in [0.717, 1.165) is 31.2 Å². The molecule has 7 nitrogen and oxygen atoms in total. The van der Waals surface area contributed by atoms with E-state index in [1.165, 1.54) is 11.1 Å². The minimum atomic E-state index is -0.124. The van der Waals surface area contributed by atoms with Crippen LogP contribution in [0, 0.1) is 6.92 Å². The first-order chi connectivity index (χ1) is 15.6. The van der Waals surface area contributed by atoms with Gasteiger partial charge in [-0.2, -0.15) is 0 Å². The van der Waals surface area contributed by atoms with Gasteiger partial charge in [-0.1, -0.05) is 36.4 Å². The molecule has 1 fully saturated rings. The maximum absolute atomic E-state index is 11.6. The molecule has 32 heavy (non-hydrogen) atoms. The third-order valence-corrected chi connectivity index (χ3v) is 5.29. The number of carbonyl (C=O) groups excluding carboxylic acids is 1. The van der Waals surface area contributed by atoms with Crippen LogP contribution in [0.3, 0.4) is 0 Å². The van der Waals surface area contributed by atoms with E-state index < -0.39 is 0 Å². The Hall–Kier alpha value is -3.06. The number of benzene rings is 2. The lowest BCUT2D eigenvalue weighted by Crippen LogP contribution is -2.48. The third-order valence-electron chi connectivity index (χ3n) is 5.29. The number of rotatable bonds is 8. The average molecular weight is 439 g/mol. The Morgan fingerprint density at radius 1 is 1.16 bits per heavy atom. The Labute approximate surface area is 190 Å². The second kappa shape index (κ2) is 12.1. The number of carbonyl (C=O) groups is 1. The first-order valence-corrected chi connectivity index (χ1v) is 11.3. The number of nitrogens with one attached hydrogen (secondary N) is 2. The molecule has 7 heteroatoms. The van der Waals surface area contributed by atoms with Gasteiger partial charge in [-0.05, 0) is 49.6 Å². The number of amides is 1. The summed E-state index contributed by atoms with van der Waals surface area (Å²) in [5.41, 5.74) is 3.49. The zero-order valence-electron chi connectivity index (χ0n) is 19.3. The van der Waals surface area contributed by atoms with Crippen LogP contribution in [0.25, 0.3) is 0 Å². The second-order valence-corrected chi connectivity index (χ2v) is 7.72. The molecule has 1 heterocycles. The van der Waals surface area contributed by atoms with Crippen molar-refractivity contribution in [1.82, 2.24) is 15.5 Å². The van der Waals surface area contributed by atoms with Crippen molar-refractivity contribution in [3.63, 3.8) is 0 Å². The first kappa shape index (κ1) is 23.6. The van der Waals surface area contributed by atoms with E-state index in [1.807, 2.05) is 31.2 Å². The largest absolute Gasteiger partial charge is 0.484 e. The molecule has 1 unspecified atom stereocenters. The highest BCUT2D eigenvalue weighted by atomic mass is 16.5. The van der Waals surface area contributed by atoms with Crippen molar-refractivity contribution in [3.05, 3.63) is 65.2 Å². The van der Waals surface area contributed by atoms with E-state index in [4.69, 9.17) is 14.5 Å². The molecule has 1 aliphatic rings. The number of nitrogens with zero attached hydrogens (tertiary/aromatic N) is 2. The molecule has 1 atom stereocenters. The van der Waals surface area contributed by atoms with E-state index >= 15 is 0 Å². The van der Waals surface area contributed by atoms with Gasteiger partial charge in [-0.15, -0.1) is 0 Å². The van der Waals surface area contributed by atoms with Crippen LogP contribution in [0.15, 0.2) is 53.5 Å². The van der Waals surface area contributed by atoms with Crippen molar-refractivity contribution < 1.29 is 14.3 Å². The highest BCUT2D eigenvalue weighted by Gasteiger charge is 2.25. The summed E-state index contributed by atoms with van der Waals surface area (Å²) in [5.74, 6) is 1.42. The Kier molecular flexibility index (Phi) is 8.92. The molecule has 172 valence electrons. The molecule has 2 N–H and O–H groups in total. The quantitative estimate of drug-likeness (QED) is 0.489. The molecule has 0 aromatic heterocycles. The molecule has 1 saturated heterocycles. The summed E-state index contributed by atoms with van der Waals surface area (Å²) in [6, 6.07) is 16.1. The van der Waals surface area contributed by atoms with E-state index in [9.17, 15) is 4.79 Å². The van der Waals surface area contributed by atoms with E-state index in [-0.39, 0.29) is 18.6 Å². The first-order valence-electron chi connectivity index (χ1n) is 11.3. The molecule has 1 aliphatic heterocycles. The fourth-order valence-corrected chi connectivity index (χ4v) is 3.70. The van der Waals surface area contributed by atoms with Crippen molar-refractivity contribution >= 4 is 11.9 Å². The van der Waals surface area contributed by atoms with Crippen LogP contribution in [0.2, 0.25) is 0 Å². The zero-order chi connectivity index (χ0) is 22.8. The van der Waals surface area contributed by atoms with Gasteiger partial charge in [0.1, 0.15) is 11.9 Å². The topological polar surface area (TPSA) is 75.2 Å². The number of morpholine rings is 1. The second-order valence-electron chi connectivity index (χ2n) is 7.72. The SMILES string of the molecule is CCNC(=O)COc1cccc(CN=C(NCC)N2CCOC(c3ccccc3C)C2)c1. The predicted octanol–water partition coefficient (Wildman–Crippen LogP) is 3.05. The summed E-state index contributed by atoms with van der Waals surface area (Å²) in [6.45, 7) is 10.2. The number of guanidine groups is 1. The zero-order valence-corrected chi connectivity index (χ0v) is 19.3. The Balaban J connectivity index is 1.66. The van der Waals surface area contributed by atoms with Gasteiger partial charge in [-0.3, -0.25) is 4.79 Å². The van der Waals surface area contributed by atoms with Crippen LogP contribution < -0.4 is 15.4 Å². The lowest BCUT2D eigenvalue weighted by Gasteiger charge is -2.35. The summed E-state index contributed by atoms with van der Waals surface area (Å²) < 4.78 is 11.7. The molecular weight excluding hydrogens is 404 g/mol. The Morgan fingerprint density at radius 2 is 1.97 bits per heavy atom. The van der Waals surface area contributed by atoms with Crippen molar-refractivity contribution in [2.24, 2.45) is 4.99 Å². The molecule has 0 saturated carbocycles. The van der Waals surface area contributed by atoms with Gasteiger partial charge in [0, 0.05) is 19.6 Å². The van der Waals surface area contributed by atoms with E-state index in [0.29, 0.717) is 25.4 Å². The summed E-state index contributed by atoms with van der Waals surface area (Å²) in [4.78, 5) is 18.8. The summed E-state index contributed by atoms with van der Waals surface area (Å²) in [6.07, 6.45) is 0.0276. The average Bonchev–Trinajstić information content (AvgIpc) is 2.81. The van der Waals surface area contributed by atoms with Crippen LogP contribution in [-0.4, -0.2) is 56.2 Å². The Bertz CT molecular complexity index is 916. The van der Waals surface area contributed by atoms with Crippen LogP contribution in [0.5, 0.6) is 5.75 Å². The maximum atomic E-state index is 11.6. The molecule has 0 radical (unpaired) electrons. The molecule has 0 aliphatic carbocycles. The summed E-state index contributed by atoms with van der Waals surface area (Å²) >= 11 is 0. The normalized spacial score (nSPS) is 16.5. The highest BCUT2D eigenvalue weighted by molar-refractivity contribution is 5.80. The minimum absolute atomic E-state index is 0.0112. The Morgan fingerprint density at radius 3 is 2.75 bits per heavy atom. The highest BCUT2D eigenvalue weighted by Crippen LogP contribution is 2.25. The number of ether oxygens (including phenoxy) is 2. The molecule has 2 aromatic rings. The number of aliphatic imine (C=N–C) groups is 1. The molecule has 0 spiro atoms. The standard InChI is InChI=1S/C25H34N4O3/c1-4-26-24(30)18-32-21-11-8-10-20(15-21)16-28-25(27-5-2)29-13-14-31-23(17-29)22-12-7-6-9-19(22)3/h6-12,15,23H,4-5,13-14,16-18H2,1-3H3,(H,26,30)(H,27,28). The predicted molar refractivity (Wildman–Crippen MR) is 127 cm³/mol. The van der Waals surface area contributed by atoms with Crippen LogP contribution in [0.1, 0.15) is 36.6 Å². The van der Waals surface area contributed by atoms with Crippen molar-refractivity contribution in [1.29, 1.82) is 0 Å². The lowest BCUT2D eigenvalue weighted by atomic mass is 10.0. The lowest BCUT2D eigenvalue weighted by molar-refractivity contribution is -0.122.